The van der Waals surface area contributed by atoms with Crippen LogP contribution >= 0.6 is 11.6 Å². The summed E-state index contributed by atoms with van der Waals surface area (Å²) in [4.78, 5) is 0. The number of halogens is 2. The minimum Gasteiger partial charge on any atom is -0.492 e. The van der Waals surface area contributed by atoms with Gasteiger partial charge in [-0.3, -0.25) is 0 Å². The zero-order chi connectivity index (χ0) is 13.4. The molecular formula is C15H18ClFO. The molecule has 1 unspecified atom stereocenters. The second-order valence-corrected chi connectivity index (χ2v) is 4.55. The van der Waals surface area contributed by atoms with Crippen molar-refractivity contribution in [3.05, 3.63) is 29.6 Å². The van der Waals surface area contributed by atoms with Crippen LogP contribution in [0.25, 0.3) is 0 Å². The van der Waals surface area contributed by atoms with E-state index in [9.17, 15) is 4.39 Å². The number of benzene rings is 1. The van der Waals surface area contributed by atoms with Crippen molar-refractivity contribution in [2.75, 3.05) is 12.5 Å². The lowest BCUT2D eigenvalue weighted by Crippen LogP contribution is -2.09. The van der Waals surface area contributed by atoms with Crippen LogP contribution in [0.4, 0.5) is 4.39 Å². The van der Waals surface area contributed by atoms with Gasteiger partial charge in [-0.05, 0) is 30.5 Å². The molecule has 0 aliphatic rings. The molecule has 0 heterocycles. The summed E-state index contributed by atoms with van der Waals surface area (Å²) >= 11 is 5.50. The van der Waals surface area contributed by atoms with Crippen LogP contribution in [0.1, 0.15) is 32.3 Å². The second-order valence-electron chi connectivity index (χ2n) is 4.28. The van der Waals surface area contributed by atoms with Gasteiger partial charge in [0.05, 0.1) is 18.1 Å². The summed E-state index contributed by atoms with van der Waals surface area (Å²) in [5.41, 5.74) is 0.555. The van der Waals surface area contributed by atoms with Crippen molar-refractivity contribution in [1.82, 2.24) is 0 Å². The third-order valence-corrected chi connectivity index (χ3v) is 2.67. The lowest BCUT2D eigenvalue weighted by atomic mass is 10.1. The molecule has 1 aromatic carbocycles. The summed E-state index contributed by atoms with van der Waals surface area (Å²) < 4.78 is 18.8. The summed E-state index contributed by atoms with van der Waals surface area (Å²) in [5.74, 6) is 6.54. The molecule has 18 heavy (non-hydrogen) atoms. The van der Waals surface area contributed by atoms with E-state index < -0.39 is 0 Å². The molecule has 0 saturated heterocycles. The van der Waals surface area contributed by atoms with E-state index in [-0.39, 0.29) is 11.7 Å². The smallest absolute Gasteiger partial charge is 0.135 e. The Morgan fingerprint density at radius 1 is 1.44 bits per heavy atom. The third kappa shape index (κ3) is 4.98. The molecule has 1 rings (SSSR count). The van der Waals surface area contributed by atoms with Gasteiger partial charge in [-0.1, -0.05) is 32.1 Å². The van der Waals surface area contributed by atoms with Gasteiger partial charge in [-0.25, -0.2) is 4.39 Å². The van der Waals surface area contributed by atoms with Gasteiger partial charge in [-0.15, -0.1) is 11.6 Å². The first-order chi connectivity index (χ1) is 8.67. The van der Waals surface area contributed by atoms with Crippen molar-refractivity contribution in [3.8, 4) is 17.6 Å². The van der Waals surface area contributed by atoms with E-state index in [2.05, 4.69) is 25.7 Å². The summed E-state index contributed by atoms with van der Waals surface area (Å²) in [5, 5.41) is 0. The monoisotopic (exact) mass is 268 g/mol. The third-order valence-electron chi connectivity index (χ3n) is 2.54. The highest BCUT2D eigenvalue weighted by Crippen LogP contribution is 2.20. The second kappa shape index (κ2) is 8.00. The predicted octanol–water partition coefficient (Wildman–Crippen LogP) is 4.23. The van der Waals surface area contributed by atoms with Crippen LogP contribution in [0, 0.1) is 23.6 Å². The standard InChI is InChI=1S/C15H18ClFO/c1-3-5-12(2)11-18-15-8-7-14(17)10-13(15)6-4-9-16/h7-8,10,12H,3,5,9,11H2,1-2H3. The van der Waals surface area contributed by atoms with Gasteiger partial charge in [0.2, 0.25) is 0 Å². The van der Waals surface area contributed by atoms with Crippen molar-refractivity contribution < 1.29 is 9.13 Å². The van der Waals surface area contributed by atoms with E-state index in [0.29, 0.717) is 23.8 Å². The van der Waals surface area contributed by atoms with Gasteiger partial charge >= 0.3 is 0 Å². The van der Waals surface area contributed by atoms with E-state index in [1.807, 2.05) is 0 Å². The molecule has 0 fully saturated rings. The van der Waals surface area contributed by atoms with Crippen LogP contribution in [0.3, 0.4) is 0 Å². The Hall–Kier alpha value is -1.20. The van der Waals surface area contributed by atoms with Gasteiger partial charge in [0.1, 0.15) is 11.6 Å². The first-order valence-corrected chi connectivity index (χ1v) is 6.68. The molecule has 1 atom stereocenters. The van der Waals surface area contributed by atoms with E-state index in [1.165, 1.54) is 12.1 Å². The maximum Gasteiger partial charge on any atom is 0.135 e. The van der Waals surface area contributed by atoms with Gasteiger partial charge in [0, 0.05) is 0 Å². The Labute approximate surface area is 113 Å². The normalized spacial score (nSPS) is 11.6. The maximum absolute atomic E-state index is 13.1. The molecule has 0 bridgehead atoms. The Morgan fingerprint density at radius 2 is 2.22 bits per heavy atom. The topological polar surface area (TPSA) is 9.23 Å². The SMILES string of the molecule is CCCC(C)COc1ccc(F)cc1C#CCCl. The van der Waals surface area contributed by atoms with Crippen molar-refractivity contribution in [2.24, 2.45) is 5.92 Å². The van der Waals surface area contributed by atoms with Crippen LogP contribution in [0.15, 0.2) is 18.2 Å². The quantitative estimate of drug-likeness (QED) is 0.574. The first-order valence-electron chi connectivity index (χ1n) is 6.14. The van der Waals surface area contributed by atoms with Crippen LogP contribution < -0.4 is 4.74 Å². The van der Waals surface area contributed by atoms with Crippen molar-refractivity contribution in [2.45, 2.75) is 26.7 Å². The van der Waals surface area contributed by atoms with Gasteiger partial charge in [-0.2, -0.15) is 0 Å². The molecule has 0 aliphatic heterocycles. The van der Waals surface area contributed by atoms with Crippen molar-refractivity contribution in [3.63, 3.8) is 0 Å². The summed E-state index contributed by atoms with van der Waals surface area (Å²) in [7, 11) is 0. The number of hydrogen-bond acceptors (Lipinski definition) is 1. The Bertz CT molecular complexity index is 434. The van der Waals surface area contributed by atoms with Crippen molar-refractivity contribution >= 4 is 11.6 Å². The van der Waals surface area contributed by atoms with Crippen LogP contribution in [0.2, 0.25) is 0 Å². The number of alkyl halides is 1. The van der Waals surface area contributed by atoms with Crippen LogP contribution in [0.5, 0.6) is 5.75 Å². The Morgan fingerprint density at radius 3 is 2.89 bits per heavy atom. The number of ether oxygens (including phenoxy) is 1. The number of hydrogen-bond donors (Lipinski definition) is 0. The van der Waals surface area contributed by atoms with E-state index in [1.54, 1.807) is 6.07 Å². The highest BCUT2D eigenvalue weighted by atomic mass is 35.5. The fourth-order valence-electron chi connectivity index (χ4n) is 1.66. The molecule has 3 heteroatoms. The average molecular weight is 269 g/mol. The van der Waals surface area contributed by atoms with E-state index >= 15 is 0 Å². The minimum atomic E-state index is -0.317. The zero-order valence-corrected chi connectivity index (χ0v) is 11.6. The summed E-state index contributed by atoms with van der Waals surface area (Å²) in [6.45, 7) is 4.90. The molecule has 0 saturated carbocycles. The van der Waals surface area contributed by atoms with Gasteiger partial charge in [0.25, 0.3) is 0 Å². The molecule has 98 valence electrons. The fraction of sp³-hybridized carbons (Fsp3) is 0.467. The molecular weight excluding hydrogens is 251 g/mol. The number of rotatable bonds is 5. The molecule has 1 nitrogen and oxygen atoms in total. The zero-order valence-electron chi connectivity index (χ0n) is 10.8. The molecule has 0 spiro atoms. The molecule has 0 N–H and O–H groups in total. The van der Waals surface area contributed by atoms with Crippen LogP contribution in [-0.4, -0.2) is 12.5 Å². The van der Waals surface area contributed by atoms with E-state index in [0.717, 1.165) is 12.8 Å². The fourth-order valence-corrected chi connectivity index (χ4v) is 1.73. The molecule has 0 aromatic heterocycles. The minimum absolute atomic E-state index is 0.224. The lowest BCUT2D eigenvalue weighted by Gasteiger charge is -2.13. The van der Waals surface area contributed by atoms with E-state index in [4.69, 9.17) is 16.3 Å². The molecule has 1 aromatic rings. The van der Waals surface area contributed by atoms with Crippen LogP contribution in [-0.2, 0) is 0 Å². The summed E-state index contributed by atoms with van der Waals surface area (Å²) in [6.07, 6.45) is 2.25. The molecule has 0 aliphatic carbocycles. The summed E-state index contributed by atoms with van der Waals surface area (Å²) in [6, 6.07) is 4.37. The van der Waals surface area contributed by atoms with Crippen molar-refractivity contribution in [1.29, 1.82) is 0 Å². The first kappa shape index (κ1) is 14.9. The largest absolute Gasteiger partial charge is 0.492 e. The molecule has 0 radical (unpaired) electrons. The highest BCUT2D eigenvalue weighted by molar-refractivity contribution is 6.19. The van der Waals surface area contributed by atoms with Gasteiger partial charge < -0.3 is 4.74 Å². The van der Waals surface area contributed by atoms with Gasteiger partial charge in [0.15, 0.2) is 0 Å². The Balaban J connectivity index is 2.75. The Kier molecular flexibility index (Phi) is 6.60. The maximum atomic E-state index is 13.1. The highest BCUT2D eigenvalue weighted by Gasteiger charge is 2.06. The molecule has 0 amide bonds. The average Bonchev–Trinajstić information content (AvgIpc) is 2.35. The predicted molar refractivity (Wildman–Crippen MR) is 73.6 cm³/mol. The lowest BCUT2D eigenvalue weighted by molar-refractivity contribution is 0.250.